The van der Waals surface area contributed by atoms with Gasteiger partial charge in [-0.05, 0) is 37.5 Å². The second-order valence-corrected chi connectivity index (χ2v) is 4.76. The largest absolute Gasteiger partial charge is 0.382 e. The zero-order chi connectivity index (χ0) is 13.7. The molecule has 0 radical (unpaired) electrons. The van der Waals surface area contributed by atoms with Crippen LogP contribution in [0.5, 0.6) is 0 Å². The quantitative estimate of drug-likeness (QED) is 0.618. The number of hydrazine groups is 1. The van der Waals surface area contributed by atoms with E-state index in [1.807, 2.05) is 24.4 Å². The number of rotatable bonds is 6. The van der Waals surface area contributed by atoms with Gasteiger partial charge < -0.3 is 4.74 Å². The van der Waals surface area contributed by atoms with Crippen LogP contribution >= 0.6 is 0 Å². The maximum Gasteiger partial charge on any atom is 0.0705 e. The maximum atomic E-state index is 5.71. The fraction of sp³-hybridized carbons (Fsp3) is 0.400. The van der Waals surface area contributed by atoms with E-state index in [0.29, 0.717) is 0 Å². The Kier molecular flexibility index (Phi) is 4.85. The lowest BCUT2D eigenvalue weighted by Crippen LogP contribution is -2.29. The summed E-state index contributed by atoms with van der Waals surface area (Å²) in [6.45, 7) is 2.07. The van der Waals surface area contributed by atoms with E-state index in [-0.39, 0.29) is 12.1 Å². The first kappa shape index (κ1) is 13.9. The molecule has 2 aromatic rings. The number of hydrogen-bond acceptors (Lipinski definition) is 4. The fourth-order valence-corrected chi connectivity index (χ4v) is 2.28. The number of nitrogens with one attached hydrogen (secondary N) is 1. The lowest BCUT2D eigenvalue weighted by Gasteiger charge is -2.19. The fourth-order valence-electron chi connectivity index (χ4n) is 2.28. The van der Waals surface area contributed by atoms with Gasteiger partial charge in [-0.2, -0.15) is 0 Å². The topological polar surface area (TPSA) is 60.2 Å². The molecule has 4 nitrogen and oxygen atoms in total. The van der Waals surface area contributed by atoms with Crippen molar-refractivity contribution in [3.05, 3.63) is 42.1 Å². The molecule has 0 spiro atoms. The zero-order valence-electron chi connectivity index (χ0n) is 11.5. The molecule has 1 heterocycles. The number of nitrogens with two attached hydrogens (primary N) is 1. The number of fused-ring (bicyclic) bond motifs is 1. The van der Waals surface area contributed by atoms with Crippen LogP contribution in [-0.2, 0) is 4.74 Å². The predicted molar refractivity (Wildman–Crippen MR) is 77.5 cm³/mol. The third-order valence-corrected chi connectivity index (χ3v) is 3.52. The van der Waals surface area contributed by atoms with Gasteiger partial charge >= 0.3 is 0 Å². The first-order valence-corrected chi connectivity index (χ1v) is 6.58. The molecular weight excluding hydrogens is 238 g/mol. The monoisotopic (exact) mass is 259 g/mol. The van der Waals surface area contributed by atoms with Crippen molar-refractivity contribution in [2.45, 2.75) is 31.9 Å². The molecule has 2 unspecified atom stereocenters. The van der Waals surface area contributed by atoms with Gasteiger partial charge in [-0.25, -0.2) is 0 Å². The second-order valence-electron chi connectivity index (χ2n) is 4.76. The van der Waals surface area contributed by atoms with Crippen LogP contribution in [0.2, 0.25) is 0 Å². The van der Waals surface area contributed by atoms with Gasteiger partial charge in [0.05, 0.1) is 11.6 Å². The van der Waals surface area contributed by atoms with Crippen molar-refractivity contribution in [1.82, 2.24) is 10.4 Å². The van der Waals surface area contributed by atoms with Gasteiger partial charge in [0.25, 0.3) is 0 Å². The molecular formula is C15H21N3O. The molecule has 0 saturated carbocycles. The number of hydrogen-bond donors (Lipinski definition) is 2. The average molecular weight is 259 g/mol. The Labute approximate surface area is 113 Å². The summed E-state index contributed by atoms with van der Waals surface area (Å²) in [5, 5.41) is 1.15. The van der Waals surface area contributed by atoms with E-state index in [9.17, 15) is 0 Å². The Morgan fingerprint density at radius 3 is 2.84 bits per heavy atom. The van der Waals surface area contributed by atoms with E-state index in [0.717, 1.165) is 23.7 Å². The van der Waals surface area contributed by atoms with Crippen molar-refractivity contribution in [3.63, 3.8) is 0 Å². The summed E-state index contributed by atoms with van der Waals surface area (Å²) < 4.78 is 5.29. The minimum atomic E-state index is 0.116. The Hall–Kier alpha value is -1.49. The molecule has 1 aromatic carbocycles. The summed E-state index contributed by atoms with van der Waals surface area (Å²) in [7, 11) is 1.73. The van der Waals surface area contributed by atoms with E-state index in [1.54, 1.807) is 7.11 Å². The van der Waals surface area contributed by atoms with Gasteiger partial charge in [0.15, 0.2) is 0 Å². The van der Waals surface area contributed by atoms with Gasteiger partial charge in [-0.3, -0.25) is 16.3 Å². The molecule has 0 amide bonds. The highest BCUT2D eigenvalue weighted by atomic mass is 16.5. The summed E-state index contributed by atoms with van der Waals surface area (Å²) in [5.74, 6) is 5.71. The number of benzene rings is 1. The van der Waals surface area contributed by atoms with Crippen molar-refractivity contribution in [2.24, 2.45) is 5.84 Å². The van der Waals surface area contributed by atoms with Crippen LogP contribution in [0.15, 0.2) is 36.5 Å². The third kappa shape index (κ3) is 3.29. The van der Waals surface area contributed by atoms with E-state index < -0.39 is 0 Å². The van der Waals surface area contributed by atoms with Crippen molar-refractivity contribution >= 4 is 10.9 Å². The van der Waals surface area contributed by atoms with Gasteiger partial charge in [0.1, 0.15) is 0 Å². The highest BCUT2D eigenvalue weighted by Gasteiger charge is 2.14. The van der Waals surface area contributed by atoms with Crippen molar-refractivity contribution in [2.75, 3.05) is 7.11 Å². The molecule has 0 saturated heterocycles. The first-order valence-electron chi connectivity index (χ1n) is 6.58. The molecule has 0 aliphatic rings. The molecule has 2 rings (SSSR count). The van der Waals surface area contributed by atoms with Crippen LogP contribution < -0.4 is 11.3 Å². The summed E-state index contributed by atoms with van der Waals surface area (Å²) in [4.78, 5) is 4.38. The molecule has 2 atom stereocenters. The number of nitrogens with zero attached hydrogens (tertiary/aromatic N) is 1. The van der Waals surface area contributed by atoms with Gasteiger partial charge in [-0.1, -0.05) is 18.2 Å². The standard InChI is InChI=1S/C15H21N3O/c1-11(19-2)8-9-15(18-16)13-5-3-7-14-12(13)6-4-10-17-14/h3-7,10-11,15,18H,8-9,16H2,1-2H3. The number of pyridine rings is 1. The molecule has 0 bridgehead atoms. The summed E-state index contributed by atoms with van der Waals surface area (Å²) in [6, 6.07) is 10.3. The average Bonchev–Trinajstić information content (AvgIpc) is 2.47. The van der Waals surface area contributed by atoms with Crippen LogP contribution in [0.1, 0.15) is 31.4 Å². The molecule has 0 fully saturated rings. The highest BCUT2D eigenvalue weighted by molar-refractivity contribution is 5.82. The lowest BCUT2D eigenvalue weighted by molar-refractivity contribution is 0.106. The van der Waals surface area contributed by atoms with Gasteiger partial charge in [-0.15, -0.1) is 0 Å². The smallest absolute Gasteiger partial charge is 0.0705 e. The molecule has 102 valence electrons. The molecule has 0 aliphatic heterocycles. The second kappa shape index (κ2) is 6.61. The predicted octanol–water partition coefficient (Wildman–Crippen LogP) is 2.55. The molecule has 4 heteroatoms. The highest BCUT2D eigenvalue weighted by Crippen LogP contribution is 2.26. The Balaban J connectivity index is 2.25. The Morgan fingerprint density at radius 2 is 2.11 bits per heavy atom. The van der Waals surface area contributed by atoms with Crippen molar-refractivity contribution < 1.29 is 4.74 Å². The van der Waals surface area contributed by atoms with Crippen LogP contribution in [-0.4, -0.2) is 18.2 Å². The minimum Gasteiger partial charge on any atom is -0.382 e. The van der Waals surface area contributed by atoms with Crippen molar-refractivity contribution in [3.8, 4) is 0 Å². The van der Waals surface area contributed by atoms with Gasteiger partial charge in [0, 0.05) is 24.7 Å². The number of aromatic nitrogens is 1. The lowest BCUT2D eigenvalue weighted by atomic mass is 9.97. The molecule has 0 aliphatic carbocycles. The Morgan fingerprint density at radius 1 is 1.26 bits per heavy atom. The molecule has 19 heavy (non-hydrogen) atoms. The number of methoxy groups -OCH3 is 1. The maximum absolute atomic E-state index is 5.71. The summed E-state index contributed by atoms with van der Waals surface area (Å²) >= 11 is 0. The van der Waals surface area contributed by atoms with Crippen LogP contribution in [0.4, 0.5) is 0 Å². The minimum absolute atomic E-state index is 0.116. The number of ether oxygens (including phenoxy) is 1. The molecule has 3 N–H and O–H groups in total. The van der Waals surface area contributed by atoms with Crippen LogP contribution in [0.25, 0.3) is 10.9 Å². The van der Waals surface area contributed by atoms with Crippen LogP contribution in [0, 0.1) is 0 Å². The summed E-state index contributed by atoms with van der Waals surface area (Å²) in [6.07, 6.45) is 3.94. The Bertz CT molecular complexity index is 524. The normalized spacial score (nSPS) is 14.5. The van der Waals surface area contributed by atoms with Gasteiger partial charge in [0.2, 0.25) is 0 Å². The van der Waals surface area contributed by atoms with E-state index >= 15 is 0 Å². The first-order chi connectivity index (χ1) is 9.26. The van der Waals surface area contributed by atoms with E-state index in [2.05, 4.69) is 29.5 Å². The zero-order valence-corrected chi connectivity index (χ0v) is 11.5. The van der Waals surface area contributed by atoms with E-state index in [1.165, 1.54) is 5.56 Å². The SMILES string of the molecule is COC(C)CCC(NN)c1cccc2ncccc12. The van der Waals surface area contributed by atoms with Crippen molar-refractivity contribution in [1.29, 1.82) is 0 Å². The van der Waals surface area contributed by atoms with Crippen LogP contribution in [0.3, 0.4) is 0 Å². The van der Waals surface area contributed by atoms with E-state index in [4.69, 9.17) is 10.6 Å². The summed E-state index contributed by atoms with van der Waals surface area (Å²) in [5.41, 5.74) is 5.10. The third-order valence-electron chi connectivity index (χ3n) is 3.52. The molecule has 1 aromatic heterocycles.